The van der Waals surface area contributed by atoms with E-state index in [9.17, 15) is 0 Å². The van der Waals surface area contributed by atoms with Crippen LogP contribution in [0.25, 0.3) is 0 Å². The van der Waals surface area contributed by atoms with Gasteiger partial charge in [-0.3, -0.25) is 4.90 Å². The normalized spacial score (nSPS) is 21.1. The van der Waals surface area contributed by atoms with Crippen molar-refractivity contribution in [3.05, 3.63) is 12.2 Å². The molecule has 1 aliphatic rings. The van der Waals surface area contributed by atoms with Crippen molar-refractivity contribution in [2.24, 2.45) is 0 Å². The van der Waals surface area contributed by atoms with Gasteiger partial charge in [0.15, 0.2) is 0 Å². The van der Waals surface area contributed by atoms with Crippen molar-refractivity contribution >= 4 is 0 Å². The van der Waals surface area contributed by atoms with Crippen molar-refractivity contribution in [3.63, 3.8) is 0 Å². The largest absolute Gasteiger partial charge is 0.313 e. The molecule has 1 saturated heterocycles. The number of nitrogens with one attached hydrogen (secondary N) is 1. The Morgan fingerprint density at radius 3 is 2.87 bits per heavy atom. The van der Waals surface area contributed by atoms with E-state index in [0.29, 0.717) is 0 Å². The third-order valence-electron chi connectivity index (χ3n) is 2.96. The predicted molar refractivity (Wildman–Crippen MR) is 67.2 cm³/mol. The minimum Gasteiger partial charge on any atom is -0.313 e. The molecule has 0 amide bonds. The summed E-state index contributed by atoms with van der Waals surface area (Å²) >= 11 is 0. The summed E-state index contributed by atoms with van der Waals surface area (Å²) in [4.78, 5) is 2.55. The Morgan fingerprint density at radius 1 is 1.53 bits per heavy atom. The molecular weight excluding hydrogens is 184 g/mol. The molecule has 0 aliphatic carbocycles. The van der Waals surface area contributed by atoms with E-state index >= 15 is 0 Å². The summed E-state index contributed by atoms with van der Waals surface area (Å²) in [6.45, 7) is 13.1. The fourth-order valence-corrected chi connectivity index (χ4v) is 2.22. The van der Waals surface area contributed by atoms with Crippen molar-refractivity contribution in [2.45, 2.75) is 45.6 Å². The van der Waals surface area contributed by atoms with Gasteiger partial charge in [0.05, 0.1) is 0 Å². The molecular formula is C13H26N2. The first kappa shape index (κ1) is 12.7. The molecule has 0 aromatic carbocycles. The SMILES string of the molecule is C=C(C)CN(CCCC)CC1CCCN1. The number of hydrogen-bond donors (Lipinski definition) is 1. The molecule has 2 heteroatoms. The van der Waals surface area contributed by atoms with Gasteiger partial charge in [-0.25, -0.2) is 0 Å². The van der Waals surface area contributed by atoms with Crippen molar-refractivity contribution in [3.8, 4) is 0 Å². The zero-order valence-electron chi connectivity index (χ0n) is 10.4. The third kappa shape index (κ3) is 5.33. The van der Waals surface area contributed by atoms with Gasteiger partial charge in [-0.05, 0) is 39.3 Å². The van der Waals surface area contributed by atoms with E-state index in [1.807, 2.05) is 0 Å². The van der Waals surface area contributed by atoms with Gasteiger partial charge in [0.2, 0.25) is 0 Å². The lowest BCUT2D eigenvalue weighted by atomic mass is 10.2. The minimum atomic E-state index is 0.723. The maximum absolute atomic E-state index is 4.02. The highest BCUT2D eigenvalue weighted by molar-refractivity contribution is 4.93. The molecule has 1 fully saturated rings. The van der Waals surface area contributed by atoms with Crippen molar-refractivity contribution in [1.29, 1.82) is 0 Å². The van der Waals surface area contributed by atoms with Gasteiger partial charge in [0.25, 0.3) is 0 Å². The van der Waals surface area contributed by atoms with Crippen LogP contribution in [-0.2, 0) is 0 Å². The summed E-state index contributed by atoms with van der Waals surface area (Å²) in [5.74, 6) is 0. The van der Waals surface area contributed by atoms with Crippen molar-refractivity contribution in [1.82, 2.24) is 10.2 Å². The Hall–Kier alpha value is -0.340. The average Bonchev–Trinajstić information content (AvgIpc) is 2.66. The van der Waals surface area contributed by atoms with E-state index in [-0.39, 0.29) is 0 Å². The molecule has 1 rings (SSSR count). The van der Waals surface area contributed by atoms with Crippen LogP contribution >= 0.6 is 0 Å². The van der Waals surface area contributed by atoms with Crippen LogP contribution in [0.1, 0.15) is 39.5 Å². The zero-order valence-corrected chi connectivity index (χ0v) is 10.4. The Kier molecular flexibility index (Phi) is 5.96. The highest BCUT2D eigenvalue weighted by Gasteiger charge is 2.17. The monoisotopic (exact) mass is 210 g/mol. The van der Waals surface area contributed by atoms with E-state index < -0.39 is 0 Å². The molecule has 1 unspecified atom stereocenters. The zero-order chi connectivity index (χ0) is 11.1. The van der Waals surface area contributed by atoms with Gasteiger partial charge in [-0.1, -0.05) is 25.5 Å². The lowest BCUT2D eigenvalue weighted by molar-refractivity contribution is 0.264. The van der Waals surface area contributed by atoms with Crippen LogP contribution in [0.15, 0.2) is 12.2 Å². The van der Waals surface area contributed by atoms with Crippen LogP contribution in [0.4, 0.5) is 0 Å². The van der Waals surface area contributed by atoms with Crippen LogP contribution in [0, 0.1) is 0 Å². The quantitative estimate of drug-likeness (QED) is 0.649. The van der Waals surface area contributed by atoms with E-state index in [1.165, 1.54) is 50.9 Å². The molecule has 0 saturated carbocycles. The number of hydrogen-bond acceptors (Lipinski definition) is 2. The fraction of sp³-hybridized carbons (Fsp3) is 0.846. The predicted octanol–water partition coefficient (Wildman–Crippen LogP) is 2.42. The molecule has 1 atom stereocenters. The topological polar surface area (TPSA) is 15.3 Å². The summed E-state index contributed by atoms with van der Waals surface area (Å²) in [7, 11) is 0. The van der Waals surface area contributed by atoms with E-state index in [4.69, 9.17) is 0 Å². The Balaban J connectivity index is 2.29. The highest BCUT2D eigenvalue weighted by Crippen LogP contribution is 2.09. The van der Waals surface area contributed by atoms with Crippen LogP contribution in [0.3, 0.4) is 0 Å². The number of rotatable bonds is 7. The molecule has 15 heavy (non-hydrogen) atoms. The molecule has 1 N–H and O–H groups in total. The maximum atomic E-state index is 4.02. The summed E-state index contributed by atoms with van der Waals surface area (Å²) in [5, 5.41) is 3.57. The van der Waals surface area contributed by atoms with Gasteiger partial charge in [0, 0.05) is 19.1 Å². The highest BCUT2D eigenvalue weighted by atomic mass is 15.1. The number of nitrogens with zero attached hydrogens (tertiary/aromatic N) is 1. The van der Waals surface area contributed by atoms with Gasteiger partial charge in [-0.2, -0.15) is 0 Å². The lowest BCUT2D eigenvalue weighted by Crippen LogP contribution is -2.38. The smallest absolute Gasteiger partial charge is 0.0195 e. The Bertz CT molecular complexity index is 183. The first-order valence-electron chi connectivity index (χ1n) is 6.32. The second-order valence-electron chi connectivity index (χ2n) is 4.84. The molecule has 1 aliphatic heterocycles. The summed E-state index contributed by atoms with van der Waals surface area (Å²) < 4.78 is 0. The average molecular weight is 210 g/mol. The molecule has 88 valence electrons. The second kappa shape index (κ2) is 7.02. The lowest BCUT2D eigenvalue weighted by Gasteiger charge is -2.25. The van der Waals surface area contributed by atoms with Gasteiger partial charge >= 0.3 is 0 Å². The minimum absolute atomic E-state index is 0.723. The Labute approximate surface area is 94.7 Å². The first-order chi connectivity index (χ1) is 7.22. The van der Waals surface area contributed by atoms with Crippen LogP contribution in [0.2, 0.25) is 0 Å². The molecule has 0 aromatic heterocycles. The molecule has 0 radical (unpaired) electrons. The third-order valence-corrected chi connectivity index (χ3v) is 2.96. The van der Waals surface area contributed by atoms with E-state index in [2.05, 4.69) is 30.6 Å². The van der Waals surface area contributed by atoms with Crippen molar-refractivity contribution in [2.75, 3.05) is 26.2 Å². The first-order valence-corrected chi connectivity index (χ1v) is 6.32. The molecule has 2 nitrogen and oxygen atoms in total. The van der Waals surface area contributed by atoms with Crippen molar-refractivity contribution < 1.29 is 0 Å². The van der Waals surface area contributed by atoms with Gasteiger partial charge in [-0.15, -0.1) is 0 Å². The van der Waals surface area contributed by atoms with Gasteiger partial charge in [0.1, 0.15) is 0 Å². The van der Waals surface area contributed by atoms with E-state index in [1.54, 1.807) is 0 Å². The van der Waals surface area contributed by atoms with Crippen LogP contribution in [-0.4, -0.2) is 37.1 Å². The molecule has 0 spiro atoms. The second-order valence-corrected chi connectivity index (χ2v) is 4.84. The van der Waals surface area contributed by atoms with E-state index in [0.717, 1.165) is 12.6 Å². The summed E-state index contributed by atoms with van der Waals surface area (Å²) in [6, 6.07) is 0.723. The maximum Gasteiger partial charge on any atom is 0.0195 e. The van der Waals surface area contributed by atoms with Crippen LogP contribution in [0.5, 0.6) is 0 Å². The number of unbranched alkanes of at least 4 members (excludes halogenated alkanes) is 1. The Morgan fingerprint density at radius 2 is 2.33 bits per heavy atom. The molecule has 1 heterocycles. The fourth-order valence-electron chi connectivity index (χ4n) is 2.22. The van der Waals surface area contributed by atoms with Gasteiger partial charge < -0.3 is 5.32 Å². The summed E-state index contributed by atoms with van der Waals surface area (Å²) in [6.07, 6.45) is 5.28. The van der Waals surface area contributed by atoms with Crippen LogP contribution < -0.4 is 5.32 Å². The standard InChI is InChI=1S/C13H26N2/c1-4-5-9-15(10-12(2)3)11-13-7-6-8-14-13/h13-14H,2,4-11H2,1,3H3. The summed E-state index contributed by atoms with van der Waals surface area (Å²) in [5.41, 5.74) is 1.28. The molecule has 0 bridgehead atoms. The molecule has 0 aromatic rings.